The van der Waals surface area contributed by atoms with Crippen molar-refractivity contribution >= 4 is 40.0 Å². The van der Waals surface area contributed by atoms with Gasteiger partial charge in [-0.1, -0.05) is 12.1 Å². The van der Waals surface area contributed by atoms with Gasteiger partial charge in [0.1, 0.15) is 5.75 Å². The van der Waals surface area contributed by atoms with E-state index in [1.165, 1.54) is 11.1 Å². The SMILES string of the molecule is CN=C(NCCc1ccc2c(c1)CCO2)NCC1CCN(S(=O)(=O)C(F)(F)F)CC1.I. The van der Waals surface area contributed by atoms with Gasteiger partial charge in [-0.25, -0.2) is 8.42 Å². The second-order valence-corrected chi connectivity index (χ2v) is 9.39. The number of rotatable bonds is 6. The van der Waals surface area contributed by atoms with Gasteiger partial charge < -0.3 is 15.4 Å². The first-order valence-electron chi connectivity index (χ1n) is 9.96. The maximum atomic E-state index is 12.6. The predicted octanol–water partition coefficient (Wildman–Crippen LogP) is 2.51. The van der Waals surface area contributed by atoms with Gasteiger partial charge in [0.2, 0.25) is 0 Å². The monoisotopic (exact) mass is 576 g/mol. The topological polar surface area (TPSA) is 83.0 Å². The van der Waals surface area contributed by atoms with E-state index in [0.717, 1.165) is 25.2 Å². The fourth-order valence-electron chi connectivity index (χ4n) is 3.68. The Morgan fingerprint density at radius 3 is 2.61 bits per heavy atom. The van der Waals surface area contributed by atoms with E-state index >= 15 is 0 Å². The molecule has 1 aromatic carbocycles. The van der Waals surface area contributed by atoms with Gasteiger partial charge in [-0.3, -0.25) is 4.99 Å². The summed E-state index contributed by atoms with van der Waals surface area (Å²) in [4.78, 5) is 4.17. The molecule has 0 aliphatic carbocycles. The van der Waals surface area contributed by atoms with Crippen molar-refractivity contribution in [1.29, 1.82) is 0 Å². The zero-order valence-corrected chi connectivity index (χ0v) is 20.4. The zero-order chi connectivity index (χ0) is 21.8. The Balaban J connectivity index is 0.00000341. The fourth-order valence-corrected chi connectivity index (χ4v) is 4.67. The summed E-state index contributed by atoms with van der Waals surface area (Å²) in [7, 11) is -3.58. The summed E-state index contributed by atoms with van der Waals surface area (Å²) in [6.45, 7) is 1.69. The molecule has 31 heavy (non-hydrogen) atoms. The third kappa shape index (κ3) is 6.60. The molecule has 7 nitrogen and oxygen atoms in total. The maximum absolute atomic E-state index is 12.6. The van der Waals surface area contributed by atoms with Crippen LogP contribution in [0.15, 0.2) is 23.2 Å². The molecule has 0 saturated carbocycles. The number of benzene rings is 1. The first-order chi connectivity index (χ1) is 14.2. The Hall–Kier alpha value is -1.28. The van der Waals surface area contributed by atoms with Crippen LogP contribution in [0, 0.1) is 5.92 Å². The molecular formula is C19H28F3IN4O3S. The maximum Gasteiger partial charge on any atom is 0.511 e. The van der Waals surface area contributed by atoms with Gasteiger partial charge in [-0.2, -0.15) is 17.5 Å². The van der Waals surface area contributed by atoms with Crippen LogP contribution in [0.1, 0.15) is 24.0 Å². The molecule has 0 radical (unpaired) electrons. The van der Waals surface area contributed by atoms with E-state index in [2.05, 4.69) is 21.7 Å². The average molecular weight is 576 g/mol. The number of nitrogens with one attached hydrogen (secondary N) is 2. The molecule has 1 aromatic rings. The van der Waals surface area contributed by atoms with Crippen LogP contribution in [0.25, 0.3) is 0 Å². The Morgan fingerprint density at radius 2 is 1.97 bits per heavy atom. The predicted molar refractivity (Wildman–Crippen MR) is 123 cm³/mol. The summed E-state index contributed by atoms with van der Waals surface area (Å²) >= 11 is 0. The highest BCUT2D eigenvalue weighted by Crippen LogP contribution is 2.30. The van der Waals surface area contributed by atoms with Crippen molar-refractivity contribution in [3.63, 3.8) is 0 Å². The van der Waals surface area contributed by atoms with Crippen molar-refractivity contribution in [1.82, 2.24) is 14.9 Å². The second kappa shape index (κ2) is 11.0. The van der Waals surface area contributed by atoms with Crippen molar-refractivity contribution in [2.45, 2.75) is 31.2 Å². The number of piperidine rings is 1. The molecule has 0 unspecified atom stereocenters. The van der Waals surface area contributed by atoms with Crippen LogP contribution in [-0.4, -0.2) is 64.0 Å². The van der Waals surface area contributed by atoms with E-state index in [9.17, 15) is 21.6 Å². The van der Waals surface area contributed by atoms with E-state index in [1.807, 2.05) is 12.1 Å². The van der Waals surface area contributed by atoms with Crippen molar-refractivity contribution in [2.24, 2.45) is 10.9 Å². The first kappa shape index (κ1) is 26.0. The van der Waals surface area contributed by atoms with Crippen molar-refractivity contribution in [3.8, 4) is 5.75 Å². The molecule has 2 heterocycles. The summed E-state index contributed by atoms with van der Waals surface area (Å²) in [5, 5.41) is 6.41. The molecule has 176 valence electrons. The molecule has 2 N–H and O–H groups in total. The molecule has 1 fully saturated rings. The van der Waals surface area contributed by atoms with Crippen LogP contribution in [0.4, 0.5) is 13.2 Å². The Kier molecular flexibility index (Phi) is 9.25. The largest absolute Gasteiger partial charge is 0.511 e. The van der Waals surface area contributed by atoms with Crippen LogP contribution in [0.2, 0.25) is 0 Å². The number of fused-ring (bicyclic) bond motifs is 1. The molecule has 2 aliphatic heterocycles. The van der Waals surface area contributed by atoms with Crippen LogP contribution < -0.4 is 15.4 Å². The van der Waals surface area contributed by atoms with Crippen LogP contribution in [0.3, 0.4) is 0 Å². The number of alkyl halides is 3. The molecule has 2 aliphatic rings. The molecule has 0 amide bonds. The second-order valence-electron chi connectivity index (χ2n) is 7.46. The van der Waals surface area contributed by atoms with Gasteiger partial charge in [0.05, 0.1) is 6.61 Å². The molecule has 0 bridgehead atoms. The number of sulfonamides is 1. The zero-order valence-electron chi connectivity index (χ0n) is 17.2. The number of guanidine groups is 1. The number of hydrogen-bond donors (Lipinski definition) is 2. The summed E-state index contributed by atoms with van der Waals surface area (Å²) in [6.07, 6.45) is 2.50. The molecule has 0 atom stereocenters. The van der Waals surface area contributed by atoms with Gasteiger partial charge in [-0.15, -0.1) is 24.0 Å². The van der Waals surface area contributed by atoms with Crippen molar-refractivity contribution in [3.05, 3.63) is 29.3 Å². The molecule has 0 aromatic heterocycles. The molecular weight excluding hydrogens is 548 g/mol. The normalized spacial score (nSPS) is 18.1. The Labute approximate surface area is 197 Å². The third-order valence-electron chi connectivity index (χ3n) is 5.45. The van der Waals surface area contributed by atoms with Gasteiger partial charge in [-0.05, 0) is 42.4 Å². The average Bonchev–Trinajstić information content (AvgIpc) is 3.18. The highest BCUT2D eigenvalue weighted by molar-refractivity contribution is 14.0. The van der Waals surface area contributed by atoms with Gasteiger partial charge in [0, 0.05) is 39.6 Å². The fraction of sp³-hybridized carbons (Fsp3) is 0.632. The highest BCUT2D eigenvalue weighted by atomic mass is 127. The molecule has 12 heteroatoms. The lowest BCUT2D eigenvalue weighted by atomic mass is 9.98. The lowest BCUT2D eigenvalue weighted by Crippen LogP contribution is -2.47. The number of aliphatic imine (C=N–C) groups is 1. The van der Waals surface area contributed by atoms with Crippen LogP contribution >= 0.6 is 24.0 Å². The van der Waals surface area contributed by atoms with Gasteiger partial charge >= 0.3 is 15.5 Å². The van der Waals surface area contributed by atoms with E-state index in [0.29, 0.717) is 36.2 Å². The lowest BCUT2D eigenvalue weighted by molar-refractivity contribution is -0.0496. The molecule has 3 rings (SSSR count). The molecule has 0 spiro atoms. The quantitative estimate of drug-likeness (QED) is 0.309. The van der Waals surface area contributed by atoms with E-state index in [1.54, 1.807) is 7.05 Å². The third-order valence-corrected chi connectivity index (χ3v) is 7.08. The van der Waals surface area contributed by atoms with Crippen molar-refractivity contribution < 1.29 is 26.3 Å². The van der Waals surface area contributed by atoms with Crippen LogP contribution in [0.5, 0.6) is 5.75 Å². The Morgan fingerprint density at radius 1 is 1.26 bits per heavy atom. The summed E-state index contributed by atoms with van der Waals surface area (Å²) in [6, 6.07) is 6.20. The summed E-state index contributed by atoms with van der Waals surface area (Å²) < 4.78 is 66.9. The number of ether oxygens (including phenoxy) is 1. The number of hydrogen-bond acceptors (Lipinski definition) is 4. The van der Waals surface area contributed by atoms with Crippen molar-refractivity contribution in [2.75, 3.05) is 39.8 Å². The van der Waals surface area contributed by atoms with Gasteiger partial charge in [0.15, 0.2) is 5.96 Å². The highest BCUT2D eigenvalue weighted by Gasteiger charge is 2.50. The summed E-state index contributed by atoms with van der Waals surface area (Å²) in [5.41, 5.74) is -2.80. The standard InChI is InChI=1S/C19H27F3N4O3S.HI/c1-23-18(24-8-4-14-2-3-17-16(12-14)7-11-29-17)25-13-15-5-9-26(10-6-15)30(27,28)19(20,21)22;/h2-3,12,15H,4-11,13H2,1H3,(H2,23,24,25);1H. The number of nitrogens with zero attached hydrogens (tertiary/aromatic N) is 2. The van der Waals surface area contributed by atoms with E-state index in [-0.39, 0.29) is 43.0 Å². The first-order valence-corrected chi connectivity index (χ1v) is 11.4. The minimum atomic E-state index is -5.24. The minimum absolute atomic E-state index is 0. The smallest absolute Gasteiger partial charge is 0.493 e. The lowest BCUT2D eigenvalue weighted by Gasteiger charge is -2.31. The van der Waals surface area contributed by atoms with E-state index < -0.39 is 15.5 Å². The van der Waals surface area contributed by atoms with Crippen LogP contribution in [-0.2, 0) is 22.9 Å². The Bertz CT molecular complexity index is 873. The minimum Gasteiger partial charge on any atom is -0.493 e. The van der Waals surface area contributed by atoms with E-state index in [4.69, 9.17) is 4.74 Å². The summed E-state index contributed by atoms with van der Waals surface area (Å²) in [5.74, 6) is 1.66. The number of halogens is 4. The molecule has 1 saturated heterocycles. The van der Waals surface area contributed by atoms with Gasteiger partial charge in [0.25, 0.3) is 0 Å².